The Kier molecular flexibility index (Phi) is 3.18. The summed E-state index contributed by atoms with van der Waals surface area (Å²) >= 11 is 8.06. The summed E-state index contributed by atoms with van der Waals surface area (Å²) in [5.74, 6) is 0. The summed E-state index contributed by atoms with van der Waals surface area (Å²) in [5.41, 5.74) is 8.81. The zero-order chi connectivity index (χ0) is 12.5. The van der Waals surface area contributed by atoms with Gasteiger partial charge in [-0.15, -0.1) is 11.3 Å². The fourth-order valence-electron chi connectivity index (χ4n) is 2.47. The van der Waals surface area contributed by atoms with Gasteiger partial charge in [0, 0.05) is 10.6 Å². The number of anilines is 2. The number of hydrogen-bond donors (Lipinski definition) is 2. The van der Waals surface area contributed by atoms with E-state index in [1.807, 2.05) is 23.5 Å². The number of nitrogens with two attached hydrogens (primary N) is 1. The number of hydrogen-bond acceptors (Lipinski definition) is 3. The maximum absolute atomic E-state index is 6.21. The summed E-state index contributed by atoms with van der Waals surface area (Å²) < 4.78 is 0. The highest BCUT2D eigenvalue weighted by atomic mass is 35.5. The second-order valence-corrected chi connectivity index (χ2v) is 6.04. The van der Waals surface area contributed by atoms with Crippen LogP contribution < -0.4 is 11.1 Å². The monoisotopic (exact) mass is 278 g/mol. The third-order valence-electron chi connectivity index (χ3n) is 3.37. The van der Waals surface area contributed by atoms with E-state index < -0.39 is 0 Å². The molecule has 2 aromatic rings. The number of benzene rings is 1. The highest BCUT2D eigenvalue weighted by molar-refractivity contribution is 7.10. The zero-order valence-electron chi connectivity index (χ0n) is 9.95. The highest BCUT2D eigenvalue weighted by Crippen LogP contribution is 2.37. The molecule has 18 heavy (non-hydrogen) atoms. The fourth-order valence-corrected chi connectivity index (χ4v) is 3.70. The molecule has 1 heterocycles. The van der Waals surface area contributed by atoms with Crippen molar-refractivity contribution in [2.24, 2.45) is 0 Å². The van der Waals surface area contributed by atoms with Crippen molar-refractivity contribution in [3.05, 3.63) is 45.1 Å². The average molecular weight is 279 g/mol. The predicted octanol–water partition coefficient (Wildman–Crippen LogP) is 4.47. The molecule has 4 heteroatoms. The Bertz CT molecular complexity index is 565. The van der Waals surface area contributed by atoms with Gasteiger partial charge in [0.15, 0.2) is 0 Å². The first kappa shape index (κ1) is 11.9. The molecule has 1 aliphatic carbocycles. The van der Waals surface area contributed by atoms with Crippen LogP contribution in [0.3, 0.4) is 0 Å². The third-order valence-corrected chi connectivity index (χ3v) is 4.68. The van der Waals surface area contributed by atoms with Crippen molar-refractivity contribution in [2.45, 2.75) is 25.3 Å². The molecule has 1 unspecified atom stereocenters. The van der Waals surface area contributed by atoms with Gasteiger partial charge < -0.3 is 11.1 Å². The normalized spacial score (nSPS) is 18.4. The topological polar surface area (TPSA) is 38.0 Å². The van der Waals surface area contributed by atoms with Crippen molar-refractivity contribution in [3.8, 4) is 0 Å². The van der Waals surface area contributed by atoms with Crippen LogP contribution in [-0.4, -0.2) is 0 Å². The lowest BCUT2D eigenvalue weighted by atomic mass is 9.94. The van der Waals surface area contributed by atoms with Crippen LogP contribution in [0.2, 0.25) is 5.02 Å². The van der Waals surface area contributed by atoms with E-state index in [4.69, 9.17) is 17.3 Å². The van der Waals surface area contributed by atoms with Crippen molar-refractivity contribution in [2.75, 3.05) is 11.1 Å². The van der Waals surface area contributed by atoms with Crippen molar-refractivity contribution in [3.63, 3.8) is 0 Å². The minimum Gasteiger partial charge on any atom is -0.399 e. The van der Waals surface area contributed by atoms with E-state index in [-0.39, 0.29) is 0 Å². The summed E-state index contributed by atoms with van der Waals surface area (Å²) in [4.78, 5) is 1.50. The van der Waals surface area contributed by atoms with Crippen LogP contribution in [0.15, 0.2) is 29.6 Å². The smallest absolute Gasteiger partial charge is 0.0658 e. The first-order chi connectivity index (χ1) is 8.74. The maximum Gasteiger partial charge on any atom is 0.0658 e. The van der Waals surface area contributed by atoms with E-state index in [1.165, 1.54) is 23.3 Å². The molecule has 0 aliphatic heterocycles. The molecular weight excluding hydrogens is 264 g/mol. The van der Waals surface area contributed by atoms with Gasteiger partial charge in [-0.05, 0) is 54.5 Å². The van der Waals surface area contributed by atoms with Crippen molar-refractivity contribution < 1.29 is 0 Å². The molecule has 1 aromatic carbocycles. The molecule has 0 amide bonds. The van der Waals surface area contributed by atoms with Crippen LogP contribution in [-0.2, 0) is 6.42 Å². The van der Waals surface area contributed by atoms with Gasteiger partial charge in [0.1, 0.15) is 0 Å². The Morgan fingerprint density at radius 1 is 1.33 bits per heavy atom. The summed E-state index contributed by atoms with van der Waals surface area (Å²) in [6.07, 6.45) is 3.60. The number of halogens is 1. The van der Waals surface area contributed by atoms with Gasteiger partial charge in [-0.1, -0.05) is 11.6 Å². The average Bonchev–Trinajstić information content (AvgIpc) is 2.82. The van der Waals surface area contributed by atoms with E-state index in [1.54, 1.807) is 6.07 Å². The first-order valence-corrected chi connectivity index (χ1v) is 7.37. The van der Waals surface area contributed by atoms with Crippen LogP contribution in [0.1, 0.15) is 29.3 Å². The Hall–Kier alpha value is -1.19. The van der Waals surface area contributed by atoms with Gasteiger partial charge >= 0.3 is 0 Å². The minimum absolute atomic E-state index is 0.376. The van der Waals surface area contributed by atoms with Gasteiger partial charge in [-0.25, -0.2) is 0 Å². The minimum atomic E-state index is 0.376. The van der Waals surface area contributed by atoms with Crippen LogP contribution in [0, 0.1) is 0 Å². The van der Waals surface area contributed by atoms with Gasteiger partial charge in [-0.2, -0.15) is 0 Å². The number of thiophene rings is 1. The molecular formula is C14H15ClN2S. The number of rotatable bonds is 2. The maximum atomic E-state index is 6.21. The van der Waals surface area contributed by atoms with Gasteiger partial charge in [0.25, 0.3) is 0 Å². The number of nitrogen functional groups attached to an aromatic ring is 1. The standard InChI is InChI=1S/C14H15ClN2S/c15-11-8-9(16)4-5-13(11)17-12-2-1-3-14-10(12)6-7-18-14/h4-8,12,17H,1-3,16H2. The largest absolute Gasteiger partial charge is 0.399 e. The molecule has 0 bridgehead atoms. The van der Waals surface area contributed by atoms with Crippen LogP contribution in [0.5, 0.6) is 0 Å². The summed E-state index contributed by atoms with van der Waals surface area (Å²) in [6.45, 7) is 0. The molecule has 3 rings (SSSR count). The van der Waals surface area contributed by atoms with Crippen LogP contribution in [0.25, 0.3) is 0 Å². The second kappa shape index (κ2) is 4.82. The molecule has 3 N–H and O–H groups in total. The molecule has 0 saturated carbocycles. The SMILES string of the molecule is Nc1ccc(NC2CCCc3sccc32)c(Cl)c1. The molecule has 0 saturated heterocycles. The molecule has 1 aromatic heterocycles. The Morgan fingerprint density at radius 3 is 3.06 bits per heavy atom. The highest BCUT2D eigenvalue weighted by Gasteiger charge is 2.21. The Morgan fingerprint density at radius 2 is 2.22 bits per heavy atom. The Labute approximate surface area is 116 Å². The zero-order valence-corrected chi connectivity index (χ0v) is 11.5. The first-order valence-electron chi connectivity index (χ1n) is 6.12. The van der Waals surface area contributed by atoms with Crippen molar-refractivity contribution >= 4 is 34.3 Å². The second-order valence-electron chi connectivity index (χ2n) is 4.63. The van der Waals surface area contributed by atoms with E-state index in [2.05, 4.69) is 16.8 Å². The molecule has 1 aliphatic rings. The number of fused-ring (bicyclic) bond motifs is 1. The summed E-state index contributed by atoms with van der Waals surface area (Å²) in [7, 11) is 0. The molecule has 0 spiro atoms. The molecule has 2 nitrogen and oxygen atoms in total. The molecule has 0 fully saturated rings. The molecule has 94 valence electrons. The lowest BCUT2D eigenvalue weighted by Crippen LogP contribution is -2.15. The number of aryl methyl sites for hydroxylation is 1. The summed E-state index contributed by atoms with van der Waals surface area (Å²) in [5, 5.41) is 6.41. The Balaban J connectivity index is 1.86. The van der Waals surface area contributed by atoms with Crippen molar-refractivity contribution in [1.82, 2.24) is 0 Å². The lowest BCUT2D eigenvalue weighted by Gasteiger charge is -2.25. The predicted molar refractivity (Wildman–Crippen MR) is 79.5 cm³/mol. The van der Waals surface area contributed by atoms with E-state index in [9.17, 15) is 0 Å². The van der Waals surface area contributed by atoms with Gasteiger partial charge in [0.2, 0.25) is 0 Å². The number of nitrogens with one attached hydrogen (secondary N) is 1. The molecule has 1 atom stereocenters. The summed E-state index contributed by atoms with van der Waals surface area (Å²) in [6, 6.07) is 8.23. The van der Waals surface area contributed by atoms with E-state index in [0.29, 0.717) is 16.8 Å². The van der Waals surface area contributed by atoms with Crippen molar-refractivity contribution in [1.29, 1.82) is 0 Å². The van der Waals surface area contributed by atoms with Crippen LogP contribution >= 0.6 is 22.9 Å². The van der Waals surface area contributed by atoms with Gasteiger partial charge in [0.05, 0.1) is 16.8 Å². The molecule has 0 radical (unpaired) electrons. The van der Waals surface area contributed by atoms with E-state index in [0.717, 1.165) is 12.1 Å². The van der Waals surface area contributed by atoms with Crippen LogP contribution in [0.4, 0.5) is 11.4 Å². The lowest BCUT2D eigenvalue weighted by molar-refractivity contribution is 0.609. The fraction of sp³-hybridized carbons (Fsp3) is 0.286. The third kappa shape index (κ3) is 2.20. The van der Waals surface area contributed by atoms with E-state index >= 15 is 0 Å². The quantitative estimate of drug-likeness (QED) is 0.795. The van der Waals surface area contributed by atoms with Gasteiger partial charge in [-0.3, -0.25) is 0 Å².